The first-order valence-electron chi connectivity index (χ1n) is 11.2. The van der Waals surface area contributed by atoms with Gasteiger partial charge in [-0.15, -0.1) is 0 Å². The van der Waals surface area contributed by atoms with Gasteiger partial charge in [0.2, 0.25) is 0 Å². The Labute approximate surface area is 189 Å². The molecule has 0 saturated carbocycles. The predicted molar refractivity (Wildman–Crippen MR) is 124 cm³/mol. The summed E-state index contributed by atoms with van der Waals surface area (Å²) in [5, 5.41) is 13.4. The van der Waals surface area contributed by atoms with E-state index in [0.717, 1.165) is 60.2 Å². The van der Waals surface area contributed by atoms with E-state index in [-0.39, 0.29) is 11.9 Å². The van der Waals surface area contributed by atoms with E-state index in [9.17, 15) is 4.79 Å². The summed E-state index contributed by atoms with van der Waals surface area (Å²) in [6, 6.07) is 13.9. The molecule has 1 amide bonds. The van der Waals surface area contributed by atoms with Crippen LogP contribution in [0.25, 0.3) is 11.1 Å². The molecular weight excluding hydrogens is 398 g/mol. The number of rotatable bonds is 5. The second kappa shape index (κ2) is 9.35. The Morgan fingerprint density at radius 3 is 2.88 bits per heavy atom. The zero-order valence-corrected chi connectivity index (χ0v) is 19.0. The number of carbonyl (C=O) groups is 1. The van der Waals surface area contributed by atoms with Crippen LogP contribution in [0.4, 0.5) is 0 Å². The number of likely N-dealkylation sites (tertiary alicyclic amines) is 1. The van der Waals surface area contributed by atoms with E-state index in [2.05, 4.69) is 28.0 Å². The molecule has 32 heavy (non-hydrogen) atoms. The molecule has 0 bridgehead atoms. The molecule has 2 aromatic heterocycles. The lowest BCUT2D eigenvalue weighted by Crippen LogP contribution is -2.48. The first-order chi connectivity index (χ1) is 15.5. The van der Waals surface area contributed by atoms with Crippen LogP contribution in [-0.4, -0.2) is 38.2 Å². The Hall–Kier alpha value is -3.46. The fourth-order valence-electron chi connectivity index (χ4n) is 4.72. The Morgan fingerprint density at radius 1 is 1.28 bits per heavy atom. The largest absolute Gasteiger partial charge is 0.335 e. The quantitative estimate of drug-likeness (QED) is 0.599. The van der Waals surface area contributed by atoms with Gasteiger partial charge in [0.15, 0.2) is 0 Å². The van der Waals surface area contributed by atoms with Crippen molar-refractivity contribution >= 4 is 5.91 Å². The molecule has 1 aliphatic heterocycles. The molecule has 164 valence electrons. The number of hydrogen-bond donors (Lipinski definition) is 0. The van der Waals surface area contributed by atoms with E-state index in [0.29, 0.717) is 11.6 Å². The molecule has 1 aliphatic rings. The number of pyridine rings is 1. The molecule has 1 fully saturated rings. The van der Waals surface area contributed by atoms with Gasteiger partial charge >= 0.3 is 0 Å². The van der Waals surface area contributed by atoms with E-state index >= 15 is 0 Å². The monoisotopic (exact) mass is 427 g/mol. The molecule has 0 aliphatic carbocycles. The Kier molecular flexibility index (Phi) is 6.36. The van der Waals surface area contributed by atoms with Gasteiger partial charge in [0.05, 0.1) is 6.20 Å². The second-order valence-corrected chi connectivity index (χ2v) is 8.80. The molecule has 1 aromatic carbocycles. The summed E-state index contributed by atoms with van der Waals surface area (Å²) in [4.78, 5) is 20.3. The summed E-state index contributed by atoms with van der Waals surface area (Å²) in [7, 11) is 1.89. The van der Waals surface area contributed by atoms with Gasteiger partial charge in [0.25, 0.3) is 5.91 Å². The Morgan fingerprint density at radius 2 is 2.12 bits per heavy atom. The highest BCUT2D eigenvalue weighted by atomic mass is 16.2. The third kappa shape index (κ3) is 4.57. The second-order valence-electron chi connectivity index (χ2n) is 8.80. The molecule has 0 radical (unpaired) electrons. The van der Waals surface area contributed by atoms with Crippen LogP contribution in [0, 0.1) is 24.2 Å². The van der Waals surface area contributed by atoms with Crippen molar-refractivity contribution in [3.63, 3.8) is 0 Å². The number of aromatic nitrogens is 3. The van der Waals surface area contributed by atoms with E-state index < -0.39 is 0 Å². The first-order valence-corrected chi connectivity index (χ1v) is 11.2. The van der Waals surface area contributed by atoms with Crippen LogP contribution in [0.3, 0.4) is 0 Å². The lowest BCUT2D eigenvalue weighted by Gasteiger charge is -2.40. The maximum absolute atomic E-state index is 13.9. The molecule has 4 rings (SSSR count). The summed E-state index contributed by atoms with van der Waals surface area (Å²) in [5.41, 5.74) is 5.03. The highest BCUT2D eigenvalue weighted by Crippen LogP contribution is 2.31. The highest BCUT2D eigenvalue weighted by Gasteiger charge is 2.33. The van der Waals surface area contributed by atoms with Gasteiger partial charge in [-0.2, -0.15) is 10.4 Å². The number of carbonyl (C=O) groups excluding carboxylic acids is 1. The standard InChI is InChI=1S/C26H29N5O/c1-18-9-11-23(20-16-28-30(3)17-20)24(14-18)26(32)31-13-5-6-19(2)25(31)12-10-21-7-4-8-22(15-27)29-21/h4,7-9,11,14,16-17,19,25H,5-6,10,12-13H2,1-3H3/t19-,25-/m1/s1. The third-order valence-electron chi connectivity index (χ3n) is 6.42. The fourth-order valence-corrected chi connectivity index (χ4v) is 4.72. The van der Waals surface area contributed by atoms with Crippen molar-refractivity contribution in [1.82, 2.24) is 19.7 Å². The number of nitriles is 1. The van der Waals surface area contributed by atoms with Crippen LogP contribution in [0.2, 0.25) is 0 Å². The third-order valence-corrected chi connectivity index (χ3v) is 6.42. The van der Waals surface area contributed by atoms with E-state index in [1.165, 1.54) is 0 Å². The van der Waals surface area contributed by atoms with Crippen LogP contribution in [0.15, 0.2) is 48.8 Å². The number of benzene rings is 1. The molecule has 0 spiro atoms. The molecule has 6 heteroatoms. The minimum absolute atomic E-state index is 0.0860. The zero-order chi connectivity index (χ0) is 22.7. The van der Waals surface area contributed by atoms with Crippen molar-refractivity contribution in [2.75, 3.05) is 6.54 Å². The highest BCUT2D eigenvalue weighted by molar-refractivity contribution is 6.01. The molecule has 1 saturated heterocycles. The van der Waals surface area contributed by atoms with Crippen LogP contribution in [0.5, 0.6) is 0 Å². The normalized spacial score (nSPS) is 18.4. The van der Waals surface area contributed by atoms with Gasteiger partial charge in [-0.05, 0) is 62.3 Å². The van der Waals surface area contributed by atoms with Gasteiger partial charge in [0, 0.05) is 42.7 Å². The van der Waals surface area contributed by atoms with Crippen molar-refractivity contribution < 1.29 is 4.79 Å². The lowest BCUT2D eigenvalue weighted by atomic mass is 9.86. The lowest BCUT2D eigenvalue weighted by molar-refractivity contribution is 0.0499. The van der Waals surface area contributed by atoms with E-state index in [1.807, 2.05) is 56.7 Å². The number of aryl methyl sites for hydroxylation is 3. The molecule has 0 N–H and O–H groups in total. The minimum atomic E-state index is 0.0860. The average Bonchev–Trinajstić information content (AvgIpc) is 3.23. The van der Waals surface area contributed by atoms with E-state index in [4.69, 9.17) is 5.26 Å². The van der Waals surface area contributed by atoms with Crippen molar-refractivity contribution in [2.24, 2.45) is 13.0 Å². The van der Waals surface area contributed by atoms with Crippen LogP contribution in [-0.2, 0) is 13.5 Å². The molecule has 3 aromatic rings. The average molecular weight is 428 g/mol. The molecule has 6 nitrogen and oxygen atoms in total. The summed E-state index contributed by atoms with van der Waals surface area (Å²) < 4.78 is 1.76. The van der Waals surface area contributed by atoms with Gasteiger partial charge in [-0.25, -0.2) is 4.98 Å². The zero-order valence-electron chi connectivity index (χ0n) is 19.0. The van der Waals surface area contributed by atoms with Crippen molar-refractivity contribution in [3.8, 4) is 17.2 Å². The Bertz CT molecular complexity index is 1160. The SMILES string of the molecule is Cc1ccc(-c2cnn(C)c2)c(C(=O)N2CCC[C@@H](C)[C@H]2CCc2cccc(C#N)n2)c1. The van der Waals surface area contributed by atoms with Crippen LogP contribution in [0.1, 0.15) is 53.5 Å². The molecule has 2 atom stereocenters. The maximum Gasteiger partial charge on any atom is 0.254 e. The molecule has 3 heterocycles. The first kappa shape index (κ1) is 21.8. The van der Waals surface area contributed by atoms with E-state index in [1.54, 1.807) is 10.7 Å². The predicted octanol–water partition coefficient (Wildman–Crippen LogP) is 4.54. The Balaban J connectivity index is 1.61. The van der Waals surface area contributed by atoms with Crippen molar-refractivity contribution in [3.05, 3.63) is 71.3 Å². The summed E-state index contributed by atoms with van der Waals surface area (Å²) in [6.07, 6.45) is 7.47. The fraction of sp³-hybridized carbons (Fsp3) is 0.385. The van der Waals surface area contributed by atoms with Crippen LogP contribution >= 0.6 is 0 Å². The topological polar surface area (TPSA) is 74.8 Å². The summed E-state index contributed by atoms with van der Waals surface area (Å²) in [6.45, 7) is 5.02. The smallest absolute Gasteiger partial charge is 0.254 e. The van der Waals surface area contributed by atoms with Gasteiger partial charge in [0.1, 0.15) is 11.8 Å². The van der Waals surface area contributed by atoms with Gasteiger partial charge in [-0.3, -0.25) is 9.48 Å². The number of piperidine rings is 1. The summed E-state index contributed by atoms with van der Waals surface area (Å²) in [5.74, 6) is 0.501. The van der Waals surface area contributed by atoms with Crippen molar-refractivity contribution in [1.29, 1.82) is 5.26 Å². The van der Waals surface area contributed by atoms with Gasteiger partial charge in [-0.1, -0.05) is 30.7 Å². The minimum Gasteiger partial charge on any atom is -0.335 e. The van der Waals surface area contributed by atoms with Gasteiger partial charge < -0.3 is 4.90 Å². The molecular formula is C26H29N5O. The molecule has 0 unspecified atom stereocenters. The number of amides is 1. The summed E-state index contributed by atoms with van der Waals surface area (Å²) >= 11 is 0. The van der Waals surface area contributed by atoms with Crippen LogP contribution < -0.4 is 0 Å². The number of nitrogens with zero attached hydrogens (tertiary/aromatic N) is 5. The van der Waals surface area contributed by atoms with Crippen molar-refractivity contribution in [2.45, 2.75) is 45.6 Å². The maximum atomic E-state index is 13.9. The number of hydrogen-bond acceptors (Lipinski definition) is 4.